The van der Waals surface area contributed by atoms with E-state index >= 15 is 0 Å². The molecular formula is C16H25NO2. The van der Waals surface area contributed by atoms with Gasteiger partial charge >= 0.3 is 0 Å². The van der Waals surface area contributed by atoms with Crippen LogP contribution in [-0.4, -0.2) is 40.0 Å². The maximum atomic E-state index is 12.6. The third kappa shape index (κ3) is 1.33. The molecule has 106 valence electrons. The van der Waals surface area contributed by atoms with E-state index in [2.05, 4.69) is 11.8 Å². The minimum absolute atomic E-state index is 0.116. The lowest BCUT2D eigenvalue weighted by atomic mass is 9.46. The molecule has 0 aromatic rings. The Morgan fingerprint density at radius 1 is 1.32 bits per heavy atom. The van der Waals surface area contributed by atoms with Gasteiger partial charge in [0.2, 0.25) is 0 Å². The first kappa shape index (κ1) is 12.3. The van der Waals surface area contributed by atoms with Gasteiger partial charge in [0.25, 0.3) is 0 Å². The fourth-order valence-electron chi connectivity index (χ4n) is 6.15. The SMILES string of the molecule is C[C@@H]1C[C@@H]2CC(=O)[C@@H]3CCCN4CCC[C@]2(O)[C@]34C1. The number of aliphatic hydroxyl groups is 1. The van der Waals surface area contributed by atoms with Gasteiger partial charge in [-0.25, -0.2) is 0 Å². The van der Waals surface area contributed by atoms with Gasteiger partial charge < -0.3 is 5.11 Å². The highest BCUT2D eigenvalue weighted by molar-refractivity contribution is 5.85. The highest BCUT2D eigenvalue weighted by Crippen LogP contribution is 2.61. The molecule has 2 saturated carbocycles. The van der Waals surface area contributed by atoms with Crippen molar-refractivity contribution >= 4 is 5.78 Å². The molecule has 3 heteroatoms. The second-order valence-corrected chi connectivity index (χ2v) is 7.55. The van der Waals surface area contributed by atoms with Crippen LogP contribution in [0.3, 0.4) is 0 Å². The topological polar surface area (TPSA) is 40.5 Å². The molecule has 4 aliphatic rings. The first-order chi connectivity index (χ1) is 9.08. The quantitative estimate of drug-likeness (QED) is 0.726. The van der Waals surface area contributed by atoms with Crippen LogP contribution >= 0.6 is 0 Å². The second kappa shape index (κ2) is 3.82. The molecule has 2 aliphatic heterocycles. The van der Waals surface area contributed by atoms with Crippen LogP contribution in [0.15, 0.2) is 0 Å². The summed E-state index contributed by atoms with van der Waals surface area (Å²) in [5.41, 5.74) is -0.766. The van der Waals surface area contributed by atoms with Crippen molar-refractivity contribution < 1.29 is 9.90 Å². The molecule has 2 saturated heterocycles. The van der Waals surface area contributed by atoms with Crippen molar-refractivity contribution in [3.05, 3.63) is 0 Å². The summed E-state index contributed by atoms with van der Waals surface area (Å²) in [6.07, 6.45) is 6.89. The lowest BCUT2D eigenvalue weighted by molar-refractivity contribution is -0.249. The van der Waals surface area contributed by atoms with E-state index in [-0.39, 0.29) is 17.4 Å². The third-order valence-corrected chi connectivity index (χ3v) is 6.66. The molecule has 1 N–H and O–H groups in total. The first-order valence-electron chi connectivity index (χ1n) is 8.08. The molecule has 19 heavy (non-hydrogen) atoms. The minimum atomic E-state index is -0.573. The van der Waals surface area contributed by atoms with Crippen molar-refractivity contribution in [3.8, 4) is 0 Å². The van der Waals surface area contributed by atoms with Crippen LogP contribution in [0.2, 0.25) is 0 Å². The Bertz CT molecular complexity index is 421. The number of nitrogens with zero attached hydrogens (tertiary/aromatic N) is 1. The number of Topliss-reactive ketones (excluding diaryl/α,β-unsaturated/α-hetero) is 1. The summed E-state index contributed by atoms with van der Waals surface area (Å²) < 4.78 is 0. The van der Waals surface area contributed by atoms with E-state index in [1.54, 1.807) is 0 Å². The molecule has 1 spiro atoms. The van der Waals surface area contributed by atoms with Crippen molar-refractivity contribution in [3.63, 3.8) is 0 Å². The Kier molecular flexibility index (Phi) is 2.48. The molecule has 2 heterocycles. The van der Waals surface area contributed by atoms with Crippen LogP contribution in [0.5, 0.6) is 0 Å². The predicted molar refractivity (Wildman–Crippen MR) is 72.7 cm³/mol. The molecule has 2 aliphatic carbocycles. The molecular weight excluding hydrogens is 238 g/mol. The molecule has 2 bridgehead atoms. The highest BCUT2D eigenvalue weighted by Gasteiger charge is 2.69. The van der Waals surface area contributed by atoms with Crippen LogP contribution in [0, 0.1) is 17.8 Å². The monoisotopic (exact) mass is 263 g/mol. The van der Waals surface area contributed by atoms with E-state index in [0.717, 1.165) is 51.6 Å². The van der Waals surface area contributed by atoms with Crippen molar-refractivity contribution in [1.82, 2.24) is 4.90 Å². The largest absolute Gasteiger partial charge is 0.388 e. The Labute approximate surface area is 115 Å². The molecule has 4 fully saturated rings. The number of carbonyl (C=O) groups excluding carboxylic acids is 1. The smallest absolute Gasteiger partial charge is 0.138 e. The lowest BCUT2D eigenvalue weighted by Gasteiger charge is -2.69. The Morgan fingerprint density at radius 3 is 2.95 bits per heavy atom. The normalized spacial score (nSPS) is 53.8. The minimum Gasteiger partial charge on any atom is -0.388 e. The maximum Gasteiger partial charge on any atom is 0.138 e. The number of hydrogen-bond acceptors (Lipinski definition) is 3. The molecule has 0 aromatic heterocycles. The van der Waals surface area contributed by atoms with E-state index in [9.17, 15) is 9.90 Å². The predicted octanol–water partition coefficient (Wildman–Crippen LogP) is 1.98. The fourth-order valence-corrected chi connectivity index (χ4v) is 6.15. The van der Waals surface area contributed by atoms with E-state index in [0.29, 0.717) is 18.1 Å². The third-order valence-electron chi connectivity index (χ3n) is 6.66. The summed E-state index contributed by atoms with van der Waals surface area (Å²) in [5.74, 6) is 1.44. The average molecular weight is 263 g/mol. The van der Waals surface area contributed by atoms with Crippen molar-refractivity contribution in [2.75, 3.05) is 13.1 Å². The zero-order chi connectivity index (χ0) is 13.3. The molecule has 0 amide bonds. The van der Waals surface area contributed by atoms with Gasteiger partial charge in [-0.1, -0.05) is 6.92 Å². The standard InChI is InChI=1S/C16H25NO2/c1-11-8-12-9-14(18)13-4-2-6-17-7-3-5-16(12,19)15(13,17)10-11/h11-13,19H,2-10H2,1H3/t11-,12-,13+,15+,16-/m1/s1. The zero-order valence-corrected chi connectivity index (χ0v) is 11.9. The number of piperidine rings is 2. The molecule has 0 radical (unpaired) electrons. The Morgan fingerprint density at radius 2 is 2.11 bits per heavy atom. The Hall–Kier alpha value is -0.410. The molecule has 5 atom stereocenters. The summed E-state index contributed by atoms with van der Waals surface area (Å²) >= 11 is 0. The number of rotatable bonds is 0. The second-order valence-electron chi connectivity index (χ2n) is 7.55. The van der Waals surface area contributed by atoms with Crippen LogP contribution in [0.25, 0.3) is 0 Å². The first-order valence-corrected chi connectivity index (χ1v) is 8.08. The van der Waals surface area contributed by atoms with Crippen LogP contribution in [0.4, 0.5) is 0 Å². The highest BCUT2D eigenvalue weighted by atomic mass is 16.3. The summed E-state index contributed by atoms with van der Waals surface area (Å²) in [6, 6.07) is 0. The lowest BCUT2D eigenvalue weighted by Crippen LogP contribution is -2.79. The van der Waals surface area contributed by atoms with Crippen LogP contribution in [-0.2, 0) is 4.79 Å². The van der Waals surface area contributed by atoms with E-state index in [4.69, 9.17) is 0 Å². The van der Waals surface area contributed by atoms with Gasteiger partial charge in [-0.3, -0.25) is 9.69 Å². The van der Waals surface area contributed by atoms with Gasteiger partial charge in [0.05, 0.1) is 11.1 Å². The van der Waals surface area contributed by atoms with Gasteiger partial charge in [-0.2, -0.15) is 0 Å². The Balaban J connectivity index is 1.89. The molecule has 0 aromatic carbocycles. The molecule has 3 nitrogen and oxygen atoms in total. The van der Waals surface area contributed by atoms with Gasteiger partial charge in [0.1, 0.15) is 5.78 Å². The van der Waals surface area contributed by atoms with E-state index < -0.39 is 5.60 Å². The number of hydrogen-bond donors (Lipinski definition) is 1. The number of ketones is 1. The average Bonchev–Trinajstić information content (AvgIpc) is 2.35. The molecule has 0 unspecified atom stereocenters. The van der Waals surface area contributed by atoms with Crippen LogP contribution in [0.1, 0.15) is 51.9 Å². The summed E-state index contributed by atoms with van der Waals surface area (Å²) in [4.78, 5) is 15.1. The van der Waals surface area contributed by atoms with Gasteiger partial charge in [0, 0.05) is 12.3 Å². The fraction of sp³-hybridized carbons (Fsp3) is 0.938. The van der Waals surface area contributed by atoms with Gasteiger partial charge in [-0.05, 0) is 63.5 Å². The van der Waals surface area contributed by atoms with Gasteiger partial charge in [0.15, 0.2) is 0 Å². The maximum absolute atomic E-state index is 12.6. The summed E-state index contributed by atoms with van der Waals surface area (Å²) in [6.45, 7) is 4.49. The van der Waals surface area contributed by atoms with E-state index in [1.807, 2.05) is 0 Å². The van der Waals surface area contributed by atoms with Crippen molar-refractivity contribution in [2.24, 2.45) is 17.8 Å². The summed E-state index contributed by atoms with van der Waals surface area (Å²) in [5, 5.41) is 11.5. The van der Waals surface area contributed by atoms with Crippen LogP contribution < -0.4 is 0 Å². The van der Waals surface area contributed by atoms with Crippen molar-refractivity contribution in [1.29, 1.82) is 0 Å². The van der Waals surface area contributed by atoms with Crippen molar-refractivity contribution in [2.45, 2.75) is 63.0 Å². The van der Waals surface area contributed by atoms with E-state index in [1.165, 1.54) is 0 Å². The summed E-state index contributed by atoms with van der Waals surface area (Å²) in [7, 11) is 0. The number of carbonyl (C=O) groups is 1. The zero-order valence-electron chi connectivity index (χ0n) is 11.9. The molecule has 4 rings (SSSR count). The van der Waals surface area contributed by atoms with Gasteiger partial charge in [-0.15, -0.1) is 0 Å².